The van der Waals surface area contributed by atoms with Crippen LogP contribution in [0.5, 0.6) is 0 Å². The molecule has 2 amide bonds. The number of hydrogen-bond donors (Lipinski definition) is 1. The van der Waals surface area contributed by atoms with Crippen LogP contribution in [-0.4, -0.2) is 58.8 Å². The predicted octanol–water partition coefficient (Wildman–Crippen LogP) is 1.39. The lowest BCUT2D eigenvalue weighted by Gasteiger charge is -2.37. The molecule has 3 heterocycles. The van der Waals surface area contributed by atoms with Crippen molar-refractivity contribution in [3.8, 4) is 0 Å². The number of nitrogens with one attached hydrogen (secondary N) is 1. The van der Waals surface area contributed by atoms with Crippen LogP contribution < -0.4 is 5.32 Å². The van der Waals surface area contributed by atoms with Crippen LogP contribution in [0.25, 0.3) is 0 Å². The number of piperazine rings is 1. The number of benzene rings is 1. The van der Waals surface area contributed by atoms with Gasteiger partial charge in [0.1, 0.15) is 6.04 Å². The monoisotopic (exact) mass is 364 g/mol. The van der Waals surface area contributed by atoms with Crippen LogP contribution in [0.1, 0.15) is 27.2 Å². The zero-order valence-electron chi connectivity index (χ0n) is 15.5. The van der Waals surface area contributed by atoms with Crippen molar-refractivity contribution in [2.45, 2.75) is 25.9 Å². The number of carbonyl (C=O) groups is 2. The Labute approximate surface area is 159 Å². The number of aromatic nitrogens is 1. The quantitative estimate of drug-likeness (QED) is 0.894. The van der Waals surface area contributed by atoms with Crippen LogP contribution in [0, 0.1) is 6.92 Å². The summed E-state index contributed by atoms with van der Waals surface area (Å²) in [6.45, 7) is 5.88. The Kier molecular flexibility index (Phi) is 4.90. The molecule has 27 heavy (non-hydrogen) atoms. The van der Waals surface area contributed by atoms with Crippen molar-refractivity contribution in [2.24, 2.45) is 0 Å². The third-order valence-electron chi connectivity index (χ3n) is 5.46. The third kappa shape index (κ3) is 3.71. The topological polar surface area (TPSA) is 65.5 Å². The lowest BCUT2D eigenvalue weighted by Crippen LogP contribution is -2.56. The van der Waals surface area contributed by atoms with Gasteiger partial charge in [0.2, 0.25) is 5.91 Å². The van der Waals surface area contributed by atoms with Gasteiger partial charge in [-0.2, -0.15) is 0 Å². The van der Waals surface area contributed by atoms with Gasteiger partial charge in [0, 0.05) is 50.9 Å². The number of aryl methyl sites for hydroxylation is 1. The predicted molar refractivity (Wildman–Crippen MR) is 102 cm³/mol. The second-order valence-electron chi connectivity index (χ2n) is 7.26. The molecule has 2 aromatic rings. The zero-order valence-corrected chi connectivity index (χ0v) is 15.5. The summed E-state index contributed by atoms with van der Waals surface area (Å²) in [6.07, 6.45) is 2.39. The van der Waals surface area contributed by atoms with Crippen molar-refractivity contribution in [1.29, 1.82) is 0 Å². The Hall–Kier alpha value is -2.73. The highest BCUT2D eigenvalue weighted by Crippen LogP contribution is 2.18. The molecule has 0 bridgehead atoms. The largest absolute Gasteiger partial charge is 0.340 e. The number of pyridine rings is 1. The van der Waals surface area contributed by atoms with E-state index in [1.165, 1.54) is 5.56 Å². The number of fused-ring (bicyclic) bond motifs is 1. The maximum atomic E-state index is 12.9. The number of hydrogen-bond acceptors (Lipinski definition) is 4. The fourth-order valence-electron chi connectivity index (χ4n) is 3.82. The standard InChI is InChI=1S/C21H24N4O2/c1-15-5-4-8-22-19(15)14-24-9-11-25(12-10-24)21(27)18-13-16-6-2-3-7-17(16)20(26)23-18/h2-8,18H,9-14H2,1H3,(H,23,26)/t18-/m1/s1. The van der Waals surface area contributed by atoms with Crippen molar-refractivity contribution in [2.75, 3.05) is 26.2 Å². The molecule has 140 valence electrons. The van der Waals surface area contributed by atoms with E-state index in [1.54, 1.807) is 0 Å². The molecule has 0 saturated carbocycles. The summed E-state index contributed by atoms with van der Waals surface area (Å²) in [5, 5.41) is 2.87. The number of amides is 2. The third-order valence-corrected chi connectivity index (χ3v) is 5.46. The summed E-state index contributed by atoms with van der Waals surface area (Å²) in [5.74, 6) is -0.133. The SMILES string of the molecule is Cc1cccnc1CN1CCN(C(=O)[C@H]2Cc3ccccc3C(=O)N2)CC1. The molecule has 6 heteroatoms. The van der Waals surface area contributed by atoms with Crippen molar-refractivity contribution in [3.05, 3.63) is 65.0 Å². The van der Waals surface area contributed by atoms with E-state index >= 15 is 0 Å². The molecular weight excluding hydrogens is 340 g/mol. The molecule has 1 fully saturated rings. The summed E-state index contributed by atoms with van der Waals surface area (Å²) in [7, 11) is 0. The fourth-order valence-corrected chi connectivity index (χ4v) is 3.82. The average molecular weight is 364 g/mol. The minimum atomic E-state index is -0.461. The van der Waals surface area contributed by atoms with Crippen LogP contribution in [0.4, 0.5) is 0 Å². The minimum absolute atomic E-state index is 0.0199. The van der Waals surface area contributed by atoms with E-state index in [0.29, 0.717) is 25.1 Å². The van der Waals surface area contributed by atoms with Crippen molar-refractivity contribution in [1.82, 2.24) is 20.1 Å². The Bertz CT molecular complexity index is 859. The molecule has 0 radical (unpaired) electrons. The Morgan fingerprint density at radius 1 is 1.15 bits per heavy atom. The highest BCUT2D eigenvalue weighted by atomic mass is 16.2. The van der Waals surface area contributed by atoms with Gasteiger partial charge in [-0.1, -0.05) is 24.3 Å². The second-order valence-corrected chi connectivity index (χ2v) is 7.26. The van der Waals surface area contributed by atoms with E-state index in [0.717, 1.165) is 30.9 Å². The van der Waals surface area contributed by atoms with Gasteiger partial charge < -0.3 is 10.2 Å². The molecular formula is C21H24N4O2. The van der Waals surface area contributed by atoms with Gasteiger partial charge in [-0.3, -0.25) is 19.5 Å². The normalized spacial score (nSPS) is 20.1. The first-order chi connectivity index (χ1) is 13.1. The molecule has 1 aromatic carbocycles. The van der Waals surface area contributed by atoms with Crippen LogP contribution in [-0.2, 0) is 17.8 Å². The zero-order chi connectivity index (χ0) is 18.8. The first kappa shape index (κ1) is 17.7. The molecule has 1 aromatic heterocycles. The highest BCUT2D eigenvalue weighted by molar-refractivity contribution is 6.00. The summed E-state index contributed by atoms with van der Waals surface area (Å²) in [4.78, 5) is 33.8. The number of carbonyl (C=O) groups excluding carboxylic acids is 2. The van der Waals surface area contributed by atoms with Gasteiger partial charge in [-0.15, -0.1) is 0 Å². The van der Waals surface area contributed by atoms with Crippen molar-refractivity contribution >= 4 is 11.8 Å². The molecule has 2 aliphatic heterocycles. The van der Waals surface area contributed by atoms with Gasteiger partial charge in [0.25, 0.3) is 5.91 Å². The molecule has 1 N–H and O–H groups in total. The van der Waals surface area contributed by atoms with E-state index < -0.39 is 6.04 Å². The fraction of sp³-hybridized carbons (Fsp3) is 0.381. The van der Waals surface area contributed by atoms with Gasteiger partial charge in [0.05, 0.1) is 5.69 Å². The van der Waals surface area contributed by atoms with Crippen LogP contribution in [0.2, 0.25) is 0 Å². The van der Waals surface area contributed by atoms with Crippen molar-refractivity contribution in [3.63, 3.8) is 0 Å². The highest BCUT2D eigenvalue weighted by Gasteiger charge is 2.33. The molecule has 6 nitrogen and oxygen atoms in total. The van der Waals surface area contributed by atoms with Gasteiger partial charge in [0.15, 0.2) is 0 Å². The van der Waals surface area contributed by atoms with Crippen LogP contribution >= 0.6 is 0 Å². The Balaban J connectivity index is 1.35. The van der Waals surface area contributed by atoms with E-state index in [1.807, 2.05) is 41.4 Å². The Morgan fingerprint density at radius 2 is 1.93 bits per heavy atom. The first-order valence-corrected chi connectivity index (χ1v) is 9.42. The van der Waals surface area contributed by atoms with E-state index in [-0.39, 0.29) is 11.8 Å². The van der Waals surface area contributed by atoms with Crippen molar-refractivity contribution < 1.29 is 9.59 Å². The summed E-state index contributed by atoms with van der Waals surface area (Å²) < 4.78 is 0. The first-order valence-electron chi connectivity index (χ1n) is 9.42. The van der Waals surface area contributed by atoms with E-state index in [4.69, 9.17) is 0 Å². The minimum Gasteiger partial charge on any atom is -0.340 e. The summed E-state index contributed by atoms with van der Waals surface area (Å²) >= 11 is 0. The number of nitrogens with zero attached hydrogens (tertiary/aromatic N) is 3. The van der Waals surface area contributed by atoms with Gasteiger partial charge in [-0.05, 0) is 30.2 Å². The average Bonchev–Trinajstić information content (AvgIpc) is 2.70. The Morgan fingerprint density at radius 3 is 2.70 bits per heavy atom. The lowest BCUT2D eigenvalue weighted by atomic mass is 9.94. The molecule has 2 aliphatic rings. The van der Waals surface area contributed by atoms with E-state index in [9.17, 15) is 9.59 Å². The lowest BCUT2D eigenvalue weighted by molar-refractivity contribution is -0.135. The summed E-state index contributed by atoms with van der Waals surface area (Å²) in [6, 6.07) is 11.1. The maximum Gasteiger partial charge on any atom is 0.252 e. The molecule has 0 spiro atoms. The molecule has 0 aliphatic carbocycles. The summed E-state index contributed by atoms with van der Waals surface area (Å²) in [5.41, 5.74) is 3.91. The van der Waals surface area contributed by atoms with Crippen LogP contribution in [0.3, 0.4) is 0 Å². The van der Waals surface area contributed by atoms with Gasteiger partial charge >= 0.3 is 0 Å². The molecule has 0 unspecified atom stereocenters. The number of rotatable bonds is 3. The smallest absolute Gasteiger partial charge is 0.252 e. The molecule has 4 rings (SSSR count). The van der Waals surface area contributed by atoms with E-state index in [2.05, 4.69) is 28.2 Å². The second kappa shape index (κ2) is 7.48. The maximum absolute atomic E-state index is 12.9. The van der Waals surface area contributed by atoms with Gasteiger partial charge in [-0.25, -0.2) is 0 Å². The molecule has 1 saturated heterocycles. The van der Waals surface area contributed by atoms with Crippen LogP contribution in [0.15, 0.2) is 42.6 Å². The molecule has 1 atom stereocenters.